The first kappa shape index (κ1) is 14.5. The van der Waals surface area contributed by atoms with Crippen molar-refractivity contribution < 1.29 is 13.2 Å². The number of carbonyl (C=O) groups is 1. The van der Waals surface area contributed by atoms with Gasteiger partial charge in [0.05, 0.1) is 6.26 Å². The van der Waals surface area contributed by atoms with Crippen LogP contribution in [-0.4, -0.2) is 20.6 Å². The van der Waals surface area contributed by atoms with Crippen LogP contribution in [0.2, 0.25) is 0 Å². The van der Waals surface area contributed by atoms with E-state index in [1.807, 2.05) is 4.72 Å². The van der Waals surface area contributed by atoms with Gasteiger partial charge in [-0.25, -0.2) is 8.42 Å². The summed E-state index contributed by atoms with van der Waals surface area (Å²) in [5.74, 6) is 1.47. The second-order valence-corrected chi connectivity index (χ2v) is 7.27. The van der Waals surface area contributed by atoms with Gasteiger partial charge in [-0.1, -0.05) is 13.8 Å². The molecule has 0 unspecified atom stereocenters. The van der Waals surface area contributed by atoms with Crippen molar-refractivity contribution in [3.05, 3.63) is 0 Å². The van der Waals surface area contributed by atoms with Gasteiger partial charge >= 0.3 is 0 Å². The lowest BCUT2D eigenvalue weighted by molar-refractivity contribution is -0.120. The van der Waals surface area contributed by atoms with E-state index in [1.54, 1.807) is 0 Å². The van der Waals surface area contributed by atoms with Crippen LogP contribution in [0.4, 0.5) is 0 Å². The molecule has 0 saturated heterocycles. The van der Waals surface area contributed by atoms with E-state index in [1.165, 1.54) is 0 Å². The van der Waals surface area contributed by atoms with E-state index in [9.17, 15) is 13.2 Å². The van der Waals surface area contributed by atoms with Gasteiger partial charge in [0.2, 0.25) is 15.9 Å². The van der Waals surface area contributed by atoms with Crippen LogP contribution in [0.15, 0.2) is 0 Å². The van der Waals surface area contributed by atoms with E-state index in [2.05, 4.69) is 13.8 Å². The third-order valence-corrected chi connectivity index (χ3v) is 4.21. The van der Waals surface area contributed by atoms with Gasteiger partial charge in [-0.05, 0) is 43.4 Å². The largest absolute Gasteiger partial charge is 0.274 e. The lowest BCUT2D eigenvalue weighted by atomic mass is 9.76. The first-order valence-corrected chi connectivity index (χ1v) is 8.17. The lowest BCUT2D eigenvalue weighted by Gasteiger charge is -2.30. The second kappa shape index (κ2) is 5.85. The summed E-state index contributed by atoms with van der Waals surface area (Å²) in [6, 6.07) is 0. The summed E-state index contributed by atoms with van der Waals surface area (Å²) < 4.78 is 23.8. The van der Waals surface area contributed by atoms with Crippen molar-refractivity contribution in [3.8, 4) is 0 Å². The molecule has 0 bridgehead atoms. The average molecular weight is 261 g/mol. The Hall–Kier alpha value is -0.580. The molecule has 0 atom stereocenters. The molecular formula is C12H23NO3S. The molecule has 1 amide bonds. The van der Waals surface area contributed by atoms with Crippen LogP contribution >= 0.6 is 0 Å². The van der Waals surface area contributed by atoms with Gasteiger partial charge in [-0.3, -0.25) is 9.52 Å². The Morgan fingerprint density at radius 2 is 1.76 bits per heavy atom. The smallest absolute Gasteiger partial charge is 0.233 e. The molecule has 0 spiro atoms. The molecule has 1 rings (SSSR count). The highest BCUT2D eigenvalue weighted by molar-refractivity contribution is 7.89. The molecular weight excluding hydrogens is 238 g/mol. The van der Waals surface area contributed by atoms with Crippen LogP contribution in [-0.2, 0) is 14.8 Å². The molecule has 1 N–H and O–H groups in total. The zero-order valence-corrected chi connectivity index (χ0v) is 11.7. The number of rotatable bonds is 4. The predicted octanol–water partition coefficient (Wildman–Crippen LogP) is 1.91. The van der Waals surface area contributed by atoms with Crippen molar-refractivity contribution in [2.75, 3.05) is 6.26 Å². The van der Waals surface area contributed by atoms with Crippen molar-refractivity contribution in [1.82, 2.24) is 4.72 Å². The maximum absolute atomic E-state index is 11.5. The Morgan fingerprint density at radius 3 is 2.18 bits per heavy atom. The number of sulfonamides is 1. The Kier molecular flexibility index (Phi) is 4.98. The fourth-order valence-corrected chi connectivity index (χ4v) is 3.07. The molecule has 100 valence electrons. The van der Waals surface area contributed by atoms with Gasteiger partial charge < -0.3 is 0 Å². The molecule has 1 aliphatic rings. The maximum atomic E-state index is 11.5. The highest BCUT2D eigenvalue weighted by Crippen LogP contribution is 2.34. The Morgan fingerprint density at radius 1 is 1.24 bits per heavy atom. The zero-order valence-electron chi connectivity index (χ0n) is 10.9. The molecule has 0 aromatic rings. The van der Waals surface area contributed by atoms with E-state index in [4.69, 9.17) is 0 Å². The Balaban J connectivity index is 2.33. The fourth-order valence-electron chi connectivity index (χ4n) is 2.57. The number of nitrogens with one attached hydrogen (secondary N) is 1. The number of amides is 1. The molecule has 0 aliphatic heterocycles. The van der Waals surface area contributed by atoms with Gasteiger partial charge in [-0.2, -0.15) is 0 Å². The minimum Gasteiger partial charge on any atom is -0.274 e. The van der Waals surface area contributed by atoms with Gasteiger partial charge in [0.1, 0.15) is 0 Å². The van der Waals surface area contributed by atoms with Gasteiger partial charge in [0.25, 0.3) is 0 Å². The number of hydrogen-bond acceptors (Lipinski definition) is 3. The van der Waals surface area contributed by atoms with Crippen molar-refractivity contribution in [2.24, 2.45) is 17.8 Å². The summed E-state index contributed by atoms with van der Waals surface area (Å²) >= 11 is 0. The predicted molar refractivity (Wildman–Crippen MR) is 67.9 cm³/mol. The molecule has 1 fully saturated rings. The minimum absolute atomic E-state index is 0.345. The molecule has 4 nitrogen and oxygen atoms in total. The number of hydrogen-bond donors (Lipinski definition) is 1. The molecule has 0 aromatic heterocycles. The monoisotopic (exact) mass is 261 g/mol. The molecule has 0 radical (unpaired) electrons. The van der Waals surface area contributed by atoms with Crippen LogP contribution in [0.3, 0.4) is 0 Å². The van der Waals surface area contributed by atoms with E-state index in [0.29, 0.717) is 18.3 Å². The van der Waals surface area contributed by atoms with Crippen LogP contribution < -0.4 is 4.72 Å². The average Bonchev–Trinajstić information content (AvgIpc) is 2.15. The molecule has 0 heterocycles. The third-order valence-electron chi connectivity index (χ3n) is 3.61. The first-order valence-electron chi connectivity index (χ1n) is 6.28. The minimum atomic E-state index is -3.40. The lowest BCUT2D eigenvalue weighted by Crippen LogP contribution is -2.31. The first-order chi connectivity index (χ1) is 7.78. The second-order valence-electron chi connectivity index (χ2n) is 5.53. The summed E-state index contributed by atoms with van der Waals surface area (Å²) in [4.78, 5) is 11.5. The summed E-state index contributed by atoms with van der Waals surface area (Å²) in [5, 5.41) is 0. The van der Waals surface area contributed by atoms with Crippen molar-refractivity contribution >= 4 is 15.9 Å². The van der Waals surface area contributed by atoms with Gasteiger partial charge in [0.15, 0.2) is 0 Å². The molecule has 5 heteroatoms. The topological polar surface area (TPSA) is 63.2 Å². The summed E-state index contributed by atoms with van der Waals surface area (Å²) in [5.41, 5.74) is 0. The number of carbonyl (C=O) groups excluding carboxylic acids is 1. The SMILES string of the molecule is CC(C)C1CCC(CC(=O)NS(C)(=O)=O)CC1. The normalized spacial score (nSPS) is 25.9. The quantitative estimate of drug-likeness (QED) is 0.841. The van der Waals surface area contributed by atoms with Crippen LogP contribution in [0.25, 0.3) is 0 Å². The molecule has 0 aromatic carbocycles. The van der Waals surface area contributed by atoms with Gasteiger partial charge in [-0.15, -0.1) is 0 Å². The Labute approximate surface area is 104 Å². The standard InChI is InChI=1S/C12H23NO3S/c1-9(2)11-6-4-10(5-7-11)8-12(14)13-17(3,15)16/h9-11H,4-8H2,1-3H3,(H,13,14). The summed E-state index contributed by atoms with van der Waals surface area (Å²) in [6.07, 6.45) is 5.77. The van der Waals surface area contributed by atoms with E-state index >= 15 is 0 Å². The van der Waals surface area contributed by atoms with Gasteiger partial charge in [0, 0.05) is 6.42 Å². The fraction of sp³-hybridized carbons (Fsp3) is 0.917. The summed E-state index contributed by atoms with van der Waals surface area (Å²) in [7, 11) is -3.40. The molecule has 1 aliphatic carbocycles. The third kappa shape index (κ3) is 5.52. The molecule has 1 saturated carbocycles. The van der Waals surface area contributed by atoms with Crippen LogP contribution in [0, 0.1) is 17.8 Å². The maximum Gasteiger partial charge on any atom is 0.233 e. The van der Waals surface area contributed by atoms with Crippen molar-refractivity contribution in [3.63, 3.8) is 0 Å². The van der Waals surface area contributed by atoms with E-state index in [-0.39, 0.29) is 5.91 Å². The van der Waals surface area contributed by atoms with Crippen molar-refractivity contribution in [1.29, 1.82) is 0 Å². The van der Waals surface area contributed by atoms with Crippen LogP contribution in [0.1, 0.15) is 46.0 Å². The van der Waals surface area contributed by atoms with Crippen LogP contribution in [0.5, 0.6) is 0 Å². The van der Waals surface area contributed by atoms with Crippen molar-refractivity contribution in [2.45, 2.75) is 46.0 Å². The molecule has 17 heavy (non-hydrogen) atoms. The van der Waals surface area contributed by atoms with E-state index < -0.39 is 10.0 Å². The zero-order chi connectivity index (χ0) is 13.1. The summed E-state index contributed by atoms with van der Waals surface area (Å²) in [6.45, 7) is 4.47. The highest BCUT2D eigenvalue weighted by atomic mass is 32.2. The highest BCUT2D eigenvalue weighted by Gasteiger charge is 2.25. The van der Waals surface area contributed by atoms with E-state index in [0.717, 1.165) is 37.9 Å². The Bertz CT molecular complexity index is 354.